The van der Waals surface area contributed by atoms with Crippen molar-refractivity contribution in [3.05, 3.63) is 65.4 Å². The van der Waals surface area contributed by atoms with Gasteiger partial charge in [-0.2, -0.15) is 5.10 Å². The van der Waals surface area contributed by atoms with Gasteiger partial charge in [-0.25, -0.2) is 5.43 Å². The lowest BCUT2D eigenvalue weighted by Gasteiger charge is -2.08. The molecule has 0 bridgehead atoms. The zero-order valence-electron chi connectivity index (χ0n) is 16.0. The fraction of sp³-hybridized carbons (Fsp3) is 0.190. The molecule has 0 saturated carbocycles. The summed E-state index contributed by atoms with van der Waals surface area (Å²) >= 11 is 0. The third-order valence-corrected chi connectivity index (χ3v) is 4.59. The van der Waals surface area contributed by atoms with Crippen LogP contribution in [0.5, 0.6) is 5.75 Å². The summed E-state index contributed by atoms with van der Waals surface area (Å²) in [7, 11) is 3.48. The minimum Gasteiger partial charge on any atom is -0.496 e. The van der Waals surface area contributed by atoms with Gasteiger partial charge in [-0.3, -0.25) is 9.59 Å². The van der Waals surface area contributed by atoms with Crippen molar-refractivity contribution in [1.29, 1.82) is 0 Å². The Balaban J connectivity index is 1.61. The number of hydrogen-bond acceptors (Lipinski definition) is 4. The molecule has 7 nitrogen and oxygen atoms in total. The number of amides is 2. The van der Waals surface area contributed by atoms with E-state index in [0.29, 0.717) is 11.3 Å². The molecule has 2 aromatic carbocycles. The number of fused-ring (bicyclic) bond motifs is 1. The molecule has 0 radical (unpaired) electrons. The molecule has 2 amide bonds. The average Bonchev–Trinajstić information content (AvgIpc) is 2.97. The zero-order valence-corrected chi connectivity index (χ0v) is 16.0. The van der Waals surface area contributed by atoms with Gasteiger partial charge in [0.05, 0.1) is 25.4 Å². The van der Waals surface area contributed by atoms with Crippen LogP contribution in [0.3, 0.4) is 0 Å². The molecule has 0 atom stereocenters. The van der Waals surface area contributed by atoms with Gasteiger partial charge in [0.2, 0.25) is 0 Å². The van der Waals surface area contributed by atoms with E-state index >= 15 is 0 Å². The van der Waals surface area contributed by atoms with Crippen LogP contribution in [0.15, 0.2) is 53.6 Å². The molecule has 0 spiro atoms. The van der Waals surface area contributed by atoms with Crippen molar-refractivity contribution >= 4 is 28.9 Å². The highest BCUT2D eigenvalue weighted by atomic mass is 16.5. The number of nitrogens with one attached hydrogen (secondary N) is 2. The molecule has 0 aliphatic carbocycles. The molecule has 0 aliphatic heterocycles. The van der Waals surface area contributed by atoms with Crippen LogP contribution in [0.1, 0.15) is 21.6 Å². The summed E-state index contributed by atoms with van der Waals surface area (Å²) in [5, 5.41) is 7.65. The van der Waals surface area contributed by atoms with Crippen LogP contribution in [-0.4, -0.2) is 36.3 Å². The standard InChI is InChI=1S/C21H22N4O3/c1-14-17(15-8-4-6-10-18(15)25(14)2)12-23-24-20(26)13-22-21(27)16-9-5-7-11-19(16)28-3/h4-12H,13H2,1-3H3,(H,22,27)(H,24,26)/b23-12-. The second-order valence-electron chi connectivity index (χ2n) is 6.25. The van der Waals surface area contributed by atoms with E-state index in [1.807, 2.05) is 38.2 Å². The maximum Gasteiger partial charge on any atom is 0.259 e. The SMILES string of the molecule is COc1ccccc1C(=O)NCC(=O)N/N=C\c1c(C)n(C)c2ccccc12. The number of hydrogen-bond donors (Lipinski definition) is 2. The quantitative estimate of drug-likeness (QED) is 0.510. The van der Waals surface area contributed by atoms with Crippen LogP contribution in [-0.2, 0) is 11.8 Å². The third-order valence-electron chi connectivity index (χ3n) is 4.59. The lowest BCUT2D eigenvalue weighted by Crippen LogP contribution is -2.35. The summed E-state index contributed by atoms with van der Waals surface area (Å²) in [5.74, 6) is -0.358. The summed E-state index contributed by atoms with van der Waals surface area (Å²) in [6.07, 6.45) is 1.62. The van der Waals surface area contributed by atoms with E-state index in [1.165, 1.54) is 7.11 Å². The highest BCUT2D eigenvalue weighted by Crippen LogP contribution is 2.23. The van der Waals surface area contributed by atoms with Crippen LogP contribution in [0.25, 0.3) is 10.9 Å². The molecule has 2 N–H and O–H groups in total. The Morgan fingerprint density at radius 1 is 1.14 bits per heavy atom. The molecule has 144 valence electrons. The number of ether oxygens (including phenoxy) is 1. The van der Waals surface area contributed by atoms with E-state index in [0.717, 1.165) is 22.2 Å². The van der Waals surface area contributed by atoms with Crippen molar-refractivity contribution < 1.29 is 14.3 Å². The molecule has 1 heterocycles. The fourth-order valence-corrected chi connectivity index (χ4v) is 3.01. The van der Waals surface area contributed by atoms with Crippen molar-refractivity contribution in [2.45, 2.75) is 6.92 Å². The number of benzene rings is 2. The van der Waals surface area contributed by atoms with Gasteiger partial charge in [0.1, 0.15) is 5.75 Å². The Kier molecular flexibility index (Phi) is 5.74. The van der Waals surface area contributed by atoms with Crippen LogP contribution < -0.4 is 15.5 Å². The maximum atomic E-state index is 12.2. The van der Waals surface area contributed by atoms with E-state index in [1.54, 1.807) is 30.5 Å². The monoisotopic (exact) mass is 378 g/mol. The molecule has 0 unspecified atom stereocenters. The second kappa shape index (κ2) is 8.39. The molecule has 28 heavy (non-hydrogen) atoms. The zero-order chi connectivity index (χ0) is 20.1. The maximum absolute atomic E-state index is 12.2. The van der Waals surface area contributed by atoms with Gasteiger partial charge in [-0.05, 0) is 25.1 Å². The number of carbonyl (C=O) groups excluding carboxylic acids is 2. The van der Waals surface area contributed by atoms with Crippen molar-refractivity contribution in [3.8, 4) is 5.75 Å². The second-order valence-corrected chi connectivity index (χ2v) is 6.25. The summed E-state index contributed by atoms with van der Waals surface area (Å²) in [5.41, 5.74) is 5.89. The fourth-order valence-electron chi connectivity index (χ4n) is 3.01. The number of aryl methyl sites for hydroxylation is 1. The van der Waals surface area contributed by atoms with Crippen LogP contribution in [0, 0.1) is 6.92 Å². The van der Waals surface area contributed by atoms with Gasteiger partial charge in [0.25, 0.3) is 11.8 Å². The van der Waals surface area contributed by atoms with Gasteiger partial charge < -0.3 is 14.6 Å². The predicted molar refractivity (Wildman–Crippen MR) is 109 cm³/mol. The Morgan fingerprint density at radius 3 is 2.64 bits per heavy atom. The van der Waals surface area contributed by atoms with Gasteiger partial charge in [0, 0.05) is 29.2 Å². The first-order chi connectivity index (χ1) is 13.5. The van der Waals surface area contributed by atoms with E-state index in [9.17, 15) is 9.59 Å². The Morgan fingerprint density at radius 2 is 1.86 bits per heavy atom. The summed E-state index contributed by atoms with van der Waals surface area (Å²) < 4.78 is 7.22. The molecule has 0 aliphatic rings. The lowest BCUT2D eigenvalue weighted by molar-refractivity contribution is -0.120. The number of methoxy groups -OCH3 is 1. The van der Waals surface area contributed by atoms with Crippen molar-refractivity contribution in [2.24, 2.45) is 12.1 Å². The number of carbonyl (C=O) groups is 2. The van der Waals surface area contributed by atoms with Gasteiger partial charge in [0.15, 0.2) is 0 Å². The first-order valence-corrected chi connectivity index (χ1v) is 8.80. The summed E-state index contributed by atoms with van der Waals surface area (Å²) in [6.45, 7) is 1.80. The third kappa shape index (κ3) is 3.88. The molecule has 3 rings (SSSR count). The number of hydrazone groups is 1. The van der Waals surface area contributed by atoms with Gasteiger partial charge in [-0.15, -0.1) is 0 Å². The first kappa shape index (κ1) is 19.2. The summed E-state index contributed by atoms with van der Waals surface area (Å²) in [6, 6.07) is 14.8. The number of para-hydroxylation sites is 2. The molecule has 7 heteroatoms. The number of aromatic nitrogens is 1. The van der Waals surface area contributed by atoms with Crippen LogP contribution in [0.4, 0.5) is 0 Å². The minimum atomic E-state index is -0.419. The Bertz CT molecular complexity index is 1050. The summed E-state index contributed by atoms with van der Waals surface area (Å²) in [4.78, 5) is 24.2. The van der Waals surface area contributed by atoms with Crippen molar-refractivity contribution in [2.75, 3.05) is 13.7 Å². The predicted octanol–water partition coefficient (Wildman–Crippen LogP) is 2.38. The minimum absolute atomic E-state index is 0.192. The smallest absolute Gasteiger partial charge is 0.259 e. The molecular formula is C21H22N4O3. The Hall–Kier alpha value is -3.61. The number of nitrogens with zero attached hydrogens (tertiary/aromatic N) is 2. The molecule has 0 fully saturated rings. The number of rotatable bonds is 6. The molecule has 0 saturated heterocycles. The topological polar surface area (TPSA) is 84.7 Å². The average molecular weight is 378 g/mol. The van der Waals surface area contributed by atoms with E-state index in [4.69, 9.17) is 4.74 Å². The normalized spacial score (nSPS) is 11.0. The van der Waals surface area contributed by atoms with Crippen LogP contribution >= 0.6 is 0 Å². The molecule has 1 aromatic heterocycles. The van der Waals surface area contributed by atoms with E-state index < -0.39 is 5.91 Å². The van der Waals surface area contributed by atoms with Gasteiger partial charge in [-0.1, -0.05) is 30.3 Å². The Labute approximate surface area is 163 Å². The first-order valence-electron chi connectivity index (χ1n) is 8.80. The van der Waals surface area contributed by atoms with Gasteiger partial charge >= 0.3 is 0 Å². The molecule has 3 aromatic rings. The van der Waals surface area contributed by atoms with Crippen molar-refractivity contribution in [1.82, 2.24) is 15.3 Å². The highest BCUT2D eigenvalue weighted by Gasteiger charge is 2.13. The largest absolute Gasteiger partial charge is 0.496 e. The lowest BCUT2D eigenvalue weighted by atomic mass is 10.1. The van der Waals surface area contributed by atoms with E-state index in [2.05, 4.69) is 20.4 Å². The van der Waals surface area contributed by atoms with E-state index in [-0.39, 0.29) is 12.5 Å². The van der Waals surface area contributed by atoms with Crippen LogP contribution in [0.2, 0.25) is 0 Å². The molecular weight excluding hydrogens is 356 g/mol. The van der Waals surface area contributed by atoms with Crippen molar-refractivity contribution in [3.63, 3.8) is 0 Å². The highest BCUT2D eigenvalue weighted by molar-refractivity contribution is 6.01.